The van der Waals surface area contributed by atoms with E-state index in [4.69, 9.17) is 10.8 Å². The average Bonchev–Trinajstić information content (AvgIpc) is 2.08. The molecule has 1 aromatic rings. The highest BCUT2D eigenvalue weighted by atomic mass is 16.3. The molecule has 13 heavy (non-hydrogen) atoms. The van der Waals surface area contributed by atoms with Crippen LogP contribution in [-0.2, 0) is 6.42 Å². The summed E-state index contributed by atoms with van der Waals surface area (Å²) in [5.74, 6) is 0.285. The normalized spacial score (nSPS) is 12.5. The van der Waals surface area contributed by atoms with Gasteiger partial charge in [0.1, 0.15) is 5.75 Å². The van der Waals surface area contributed by atoms with Gasteiger partial charge in [0.15, 0.2) is 0 Å². The van der Waals surface area contributed by atoms with Crippen LogP contribution in [0, 0.1) is 0 Å². The molecule has 0 aliphatic heterocycles. The first-order valence-electron chi connectivity index (χ1n) is 4.28. The standard InChI is InChI=1S/C11H15NO/c1-8(2)11(12)7-9-3-5-10(13)6-4-9/h3-6,11,13H,1,7,12H2,2H3/t11-/m0/s1. The lowest BCUT2D eigenvalue weighted by Gasteiger charge is -2.10. The fraction of sp³-hybridized carbons (Fsp3) is 0.273. The molecular weight excluding hydrogens is 162 g/mol. The van der Waals surface area contributed by atoms with E-state index in [0.717, 1.165) is 17.6 Å². The number of rotatable bonds is 3. The lowest BCUT2D eigenvalue weighted by atomic mass is 10.0. The van der Waals surface area contributed by atoms with Crippen molar-refractivity contribution in [3.63, 3.8) is 0 Å². The Morgan fingerprint density at radius 3 is 2.46 bits per heavy atom. The Hall–Kier alpha value is -1.28. The van der Waals surface area contributed by atoms with Gasteiger partial charge in [-0.3, -0.25) is 0 Å². The molecule has 0 unspecified atom stereocenters. The van der Waals surface area contributed by atoms with E-state index < -0.39 is 0 Å². The van der Waals surface area contributed by atoms with E-state index in [2.05, 4.69) is 6.58 Å². The number of aromatic hydroxyl groups is 1. The maximum atomic E-state index is 9.05. The number of nitrogens with two attached hydrogens (primary N) is 1. The molecule has 0 heterocycles. The molecule has 0 aliphatic rings. The van der Waals surface area contributed by atoms with Crippen LogP contribution in [0.3, 0.4) is 0 Å². The van der Waals surface area contributed by atoms with Crippen LogP contribution in [0.15, 0.2) is 36.4 Å². The maximum absolute atomic E-state index is 9.05. The zero-order valence-electron chi connectivity index (χ0n) is 7.83. The van der Waals surface area contributed by atoms with Gasteiger partial charge in [0, 0.05) is 6.04 Å². The van der Waals surface area contributed by atoms with E-state index in [9.17, 15) is 0 Å². The summed E-state index contributed by atoms with van der Waals surface area (Å²) in [6, 6.07) is 7.08. The van der Waals surface area contributed by atoms with Crippen molar-refractivity contribution >= 4 is 0 Å². The number of phenols is 1. The highest BCUT2D eigenvalue weighted by molar-refractivity contribution is 5.27. The molecule has 0 bridgehead atoms. The highest BCUT2D eigenvalue weighted by Crippen LogP contribution is 2.12. The van der Waals surface area contributed by atoms with Gasteiger partial charge in [0.05, 0.1) is 0 Å². The maximum Gasteiger partial charge on any atom is 0.115 e. The second-order valence-corrected chi connectivity index (χ2v) is 3.32. The molecule has 0 saturated heterocycles. The van der Waals surface area contributed by atoms with Crippen LogP contribution in [-0.4, -0.2) is 11.1 Å². The molecule has 0 saturated carbocycles. The summed E-state index contributed by atoms with van der Waals surface area (Å²) in [4.78, 5) is 0. The van der Waals surface area contributed by atoms with E-state index in [0.29, 0.717) is 0 Å². The van der Waals surface area contributed by atoms with Gasteiger partial charge in [0.25, 0.3) is 0 Å². The van der Waals surface area contributed by atoms with Gasteiger partial charge in [-0.1, -0.05) is 24.3 Å². The minimum atomic E-state index is 0.00421. The zero-order valence-corrected chi connectivity index (χ0v) is 7.83. The Kier molecular flexibility index (Phi) is 3.09. The molecule has 1 atom stereocenters. The summed E-state index contributed by atoms with van der Waals surface area (Å²) < 4.78 is 0. The van der Waals surface area contributed by atoms with Crippen LogP contribution in [0.2, 0.25) is 0 Å². The third-order valence-electron chi connectivity index (χ3n) is 2.02. The lowest BCUT2D eigenvalue weighted by molar-refractivity contribution is 0.475. The van der Waals surface area contributed by atoms with E-state index in [1.165, 1.54) is 0 Å². The molecular formula is C11H15NO. The molecule has 0 aromatic heterocycles. The average molecular weight is 177 g/mol. The van der Waals surface area contributed by atoms with E-state index >= 15 is 0 Å². The molecule has 0 aliphatic carbocycles. The van der Waals surface area contributed by atoms with Crippen molar-refractivity contribution in [2.75, 3.05) is 0 Å². The van der Waals surface area contributed by atoms with Crippen molar-refractivity contribution in [3.8, 4) is 5.75 Å². The van der Waals surface area contributed by atoms with Crippen molar-refractivity contribution in [2.45, 2.75) is 19.4 Å². The quantitative estimate of drug-likeness (QED) is 0.692. The summed E-state index contributed by atoms with van der Waals surface area (Å²) in [5, 5.41) is 9.05. The Morgan fingerprint density at radius 1 is 1.46 bits per heavy atom. The molecule has 0 amide bonds. The predicted molar refractivity (Wildman–Crippen MR) is 54.6 cm³/mol. The van der Waals surface area contributed by atoms with Gasteiger partial charge in [-0.05, 0) is 31.0 Å². The van der Waals surface area contributed by atoms with Crippen molar-refractivity contribution < 1.29 is 5.11 Å². The minimum absolute atomic E-state index is 0.00421. The molecule has 1 rings (SSSR count). The van der Waals surface area contributed by atoms with Crippen LogP contribution >= 0.6 is 0 Å². The number of hydrogen-bond acceptors (Lipinski definition) is 2. The lowest BCUT2D eigenvalue weighted by Crippen LogP contribution is -2.23. The van der Waals surface area contributed by atoms with E-state index in [1.807, 2.05) is 19.1 Å². The topological polar surface area (TPSA) is 46.2 Å². The molecule has 0 spiro atoms. The molecule has 2 heteroatoms. The van der Waals surface area contributed by atoms with Gasteiger partial charge < -0.3 is 10.8 Å². The molecule has 3 N–H and O–H groups in total. The van der Waals surface area contributed by atoms with Gasteiger partial charge in [-0.2, -0.15) is 0 Å². The van der Waals surface area contributed by atoms with Crippen molar-refractivity contribution in [2.24, 2.45) is 5.73 Å². The molecule has 2 nitrogen and oxygen atoms in total. The van der Waals surface area contributed by atoms with E-state index in [1.54, 1.807) is 12.1 Å². The summed E-state index contributed by atoms with van der Waals surface area (Å²) in [7, 11) is 0. The Labute approximate surface area is 78.7 Å². The van der Waals surface area contributed by atoms with Crippen molar-refractivity contribution in [1.29, 1.82) is 0 Å². The molecule has 1 aromatic carbocycles. The molecule has 0 fully saturated rings. The van der Waals surface area contributed by atoms with E-state index in [-0.39, 0.29) is 11.8 Å². The highest BCUT2D eigenvalue weighted by Gasteiger charge is 2.03. The third kappa shape index (κ3) is 2.92. The summed E-state index contributed by atoms with van der Waals surface area (Å²) in [6.07, 6.45) is 0.773. The monoisotopic (exact) mass is 177 g/mol. The van der Waals surface area contributed by atoms with Gasteiger partial charge in [0.2, 0.25) is 0 Å². The summed E-state index contributed by atoms with van der Waals surface area (Å²) in [5.41, 5.74) is 7.92. The first-order valence-corrected chi connectivity index (χ1v) is 4.28. The Bertz CT molecular complexity index is 289. The van der Waals surface area contributed by atoms with Crippen molar-refractivity contribution in [1.82, 2.24) is 0 Å². The minimum Gasteiger partial charge on any atom is -0.508 e. The largest absolute Gasteiger partial charge is 0.508 e. The number of hydrogen-bond donors (Lipinski definition) is 2. The van der Waals surface area contributed by atoms with Gasteiger partial charge in [-0.25, -0.2) is 0 Å². The summed E-state index contributed by atoms with van der Waals surface area (Å²) in [6.45, 7) is 5.72. The fourth-order valence-corrected chi connectivity index (χ4v) is 1.06. The first-order chi connectivity index (χ1) is 6.09. The van der Waals surface area contributed by atoms with Crippen LogP contribution in [0.25, 0.3) is 0 Å². The van der Waals surface area contributed by atoms with Crippen molar-refractivity contribution in [3.05, 3.63) is 42.0 Å². The second-order valence-electron chi connectivity index (χ2n) is 3.32. The molecule has 0 radical (unpaired) electrons. The van der Waals surface area contributed by atoms with Crippen LogP contribution < -0.4 is 5.73 Å². The van der Waals surface area contributed by atoms with Crippen LogP contribution in [0.5, 0.6) is 5.75 Å². The number of benzene rings is 1. The van der Waals surface area contributed by atoms with Crippen LogP contribution in [0.1, 0.15) is 12.5 Å². The Balaban J connectivity index is 2.64. The van der Waals surface area contributed by atoms with Gasteiger partial charge >= 0.3 is 0 Å². The van der Waals surface area contributed by atoms with Crippen LogP contribution in [0.4, 0.5) is 0 Å². The predicted octanol–water partition coefficient (Wildman–Crippen LogP) is 1.84. The molecule has 70 valence electrons. The fourth-order valence-electron chi connectivity index (χ4n) is 1.06. The van der Waals surface area contributed by atoms with Gasteiger partial charge in [-0.15, -0.1) is 0 Å². The number of phenolic OH excluding ortho intramolecular Hbond substituents is 1. The summed E-state index contributed by atoms with van der Waals surface area (Å²) >= 11 is 0. The first kappa shape index (κ1) is 9.81. The SMILES string of the molecule is C=C(C)[C@@H](N)Cc1ccc(O)cc1. The Morgan fingerprint density at radius 2 is 2.00 bits per heavy atom. The smallest absolute Gasteiger partial charge is 0.115 e. The second kappa shape index (κ2) is 4.10. The third-order valence-corrected chi connectivity index (χ3v) is 2.02. The zero-order chi connectivity index (χ0) is 9.84.